The maximum absolute atomic E-state index is 12.7. The van der Waals surface area contributed by atoms with Crippen LogP contribution in [0, 0.1) is 0 Å². The molecule has 0 aromatic heterocycles. The molecule has 0 bridgehead atoms. The monoisotopic (exact) mass is 326 g/mol. The molecule has 0 N–H and O–H groups in total. The second kappa shape index (κ2) is 6.66. The van der Waals surface area contributed by atoms with E-state index in [0.717, 1.165) is 5.56 Å². The van der Waals surface area contributed by atoms with Gasteiger partial charge in [-0.1, -0.05) is 6.07 Å². The number of ketones is 1. The quantitative estimate of drug-likeness (QED) is 0.806. The van der Waals surface area contributed by atoms with E-state index in [2.05, 4.69) is 0 Å². The van der Waals surface area contributed by atoms with Crippen LogP contribution in [0.25, 0.3) is 6.08 Å². The number of benzene rings is 2. The van der Waals surface area contributed by atoms with Gasteiger partial charge < -0.3 is 18.9 Å². The van der Waals surface area contributed by atoms with Crippen molar-refractivity contribution in [3.8, 4) is 23.0 Å². The van der Waals surface area contributed by atoms with Crippen molar-refractivity contribution in [3.05, 3.63) is 53.1 Å². The van der Waals surface area contributed by atoms with Crippen LogP contribution in [0.1, 0.15) is 15.9 Å². The third-order valence-corrected chi connectivity index (χ3v) is 3.86. The maximum Gasteiger partial charge on any atom is 0.196 e. The van der Waals surface area contributed by atoms with Crippen molar-refractivity contribution in [2.45, 2.75) is 0 Å². The number of ether oxygens (including phenoxy) is 4. The Labute approximate surface area is 140 Å². The zero-order valence-corrected chi connectivity index (χ0v) is 13.8. The average molecular weight is 326 g/mol. The number of hydrogen-bond donors (Lipinski definition) is 0. The molecular weight excluding hydrogens is 308 g/mol. The SMILES string of the molecule is COc1ccc2c(c1)OCC(=Cc1ccc(OC)c(OC)c1)C2=O. The molecular formula is C19H18O5. The molecule has 1 aliphatic heterocycles. The number of carbonyl (C=O) groups excluding carboxylic acids is 1. The normalized spacial score (nSPS) is 14.8. The zero-order valence-electron chi connectivity index (χ0n) is 13.8. The number of hydrogen-bond acceptors (Lipinski definition) is 5. The molecule has 0 unspecified atom stereocenters. The zero-order chi connectivity index (χ0) is 17.1. The van der Waals surface area contributed by atoms with E-state index in [9.17, 15) is 4.79 Å². The minimum atomic E-state index is -0.0475. The summed E-state index contributed by atoms with van der Waals surface area (Å²) in [5.74, 6) is 2.41. The summed E-state index contributed by atoms with van der Waals surface area (Å²) in [4.78, 5) is 12.7. The smallest absolute Gasteiger partial charge is 0.196 e. The number of methoxy groups -OCH3 is 3. The highest BCUT2D eigenvalue weighted by Crippen LogP contribution is 2.33. The molecule has 0 fully saturated rings. The molecule has 0 atom stereocenters. The van der Waals surface area contributed by atoms with E-state index in [1.807, 2.05) is 12.1 Å². The van der Waals surface area contributed by atoms with Gasteiger partial charge in [0.05, 0.1) is 26.9 Å². The summed E-state index contributed by atoms with van der Waals surface area (Å²) >= 11 is 0. The Morgan fingerprint density at radius 2 is 1.75 bits per heavy atom. The second-order valence-electron chi connectivity index (χ2n) is 5.26. The van der Waals surface area contributed by atoms with Crippen molar-refractivity contribution in [3.63, 3.8) is 0 Å². The fraction of sp³-hybridized carbons (Fsp3) is 0.211. The molecule has 1 aliphatic rings. The van der Waals surface area contributed by atoms with Crippen molar-refractivity contribution in [1.82, 2.24) is 0 Å². The standard InChI is InChI=1S/C19H18O5/c1-21-14-5-6-15-17(10-14)24-11-13(19(15)20)8-12-4-7-16(22-2)18(9-12)23-3/h4-10H,11H2,1-3H3. The number of Topliss-reactive ketones (excluding diaryl/α,β-unsaturated/α-hetero) is 1. The second-order valence-corrected chi connectivity index (χ2v) is 5.26. The lowest BCUT2D eigenvalue weighted by atomic mass is 9.98. The van der Waals surface area contributed by atoms with Crippen molar-refractivity contribution >= 4 is 11.9 Å². The van der Waals surface area contributed by atoms with Gasteiger partial charge >= 0.3 is 0 Å². The molecule has 5 heteroatoms. The molecule has 3 rings (SSSR count). The van der Waals surface area contributed by atoms with Gasteiger partial charge in [0, 0.05) is 11.6 Å². The Balaban J connectivity index is 1.93. The van der Waals surface area contributed by atoms with Gasteiger partial charge in [0.1, 0.15) is 18.1 Å². The van der Waals surface area contributed by atoms with Crippen LogP contribution in [0.2, 0.25) is 0 Å². The van der Waals surface area contributed by atoms with E-state index >= 15 is 0 Å². The van der Waals surface area contributed by atoms with Crippen LogP contribution in [0.15, 0.2) is 42.0 Å². The Bertz CT molecular complexity index is 807. The van der Waals surface area contributed by atoms with Crippen molar-refractivity contribution < 1.29 is 23.7 Å². The maximum atomic E-state index is 12.7. The summed E-state index contributed by atoms with van der Waals surface area (Å²) in [5.41, 5.74) is 1.96. The molecule has 0 saturated heterocycles. The summed E-state index contributed by atoms with van der Waals surface area (Å²) in [5, 5.41) is 0. The van der Waals surface area contributed by atoms with E-state index < -0.39 is 0 Å². The summed E-state index contributed by atoms with van der Waals surface area (Å²) in [6.07, 6.45) is 1.80. The van der Waals surface area contributed by atoms with Crippen LogP contribution in [-0.4, -0.2) is 33.7 Å². The topological polar surface area (TPSA) is 54.0 Å². The van der Waals surface area contributed by atoms with Gasteiger partial charge in [-0.05, 0) is 35.9 Å². The van der Waals surface area contributed by atoms with Gasteiger partial charge in [-0.2, -0.15) is 0 Å². The fourth-order valence-corrected chi connectivity index (χ4v) is 2.58. The molecule has 5 nitrogen and oxygen atoms in total. The predicted octanol–water partition coefficient (Wildman–Crippen LogP) is 3.37. The third-order valence-electron chi connectivity index (χ3n) is 3.86. The number of fused-ring (bicyclic) bond motifs is 1. The van der Waals surface area contributed by atoms with Gasteiger partial charge in [0.2, 0.25) is 0 Å². The van der Waals surface area contributed by atoms with Crippen LogP contribution in [0.4, 0.5) is 0 Å². The molecule has 124 valence electrons. The van der Waals surface area contributed by atoms with Crippen molar-refractivity contribution in [2.24, 2.45) is 0 Å². The fourth-order valence-electron chi connectivity index (χ4n) is 2.58. The lowest BCUT2D eigenvalue weighted by Crippen LogP contribution is -2.19. The van der Waals surface area contributed by atoms with Crippen LogP contribution in [0.5, 0.6) is 23.0 Å². The lowest BCUT2D eigenvalue weighted by molar-refractivity contribution is 0.100. The molecule has 2 aromatic rings. The first-order valence-electron chi connectivity index (χ1n) is 7.44. The van der Waals surface area contributed by atoms with E-state index in [4.69, 9.17) is 18.9 Å². The number of rotatable bonds is 4. The summed E-state index contributed by atoms with van der Waals surface area (Å²) in [6, 6.07) is 10.7. The molecule has 1 heterocycles. The summed E-state index contributed by atoms with van der Waals surface area (Å²) < 4.78 is 21.4. The largest absolute Gasteiger partial charge is 0.497 e. The Morgan fingerprint density at radius 3 is 2.46 bits per heavy atom. The molecule has 0 amide bonds. The van der Waals surface area contributed by atoms with Crippen LogP contribution < -0.4 is 18.9 Å². The molecule has 0 aliphatic carbocycles. The number of carbonyl (C=O) groups is 1. The Hall–Kier alpha value is -2.95. The predicted molar refractivity (Wildman–Crippen MR) is 90.3 cm³/mol. The first-order chi connectivity index (χ1) is 11.7. The van der Waals surface area contributed by atoms with Crippen molar-refractivity contribution in [1.29, 1.82) is 0 Å². The molecule has 0 radical (unpaired) electrons. The molecule has 2 aromatic carbocycles. The van der Waals surface area contributed by atoms with E-state index in [1.165, 1.54) is 0 Å². The minimum absolute atomic E-state index is 0.0475. The van der Waals surface area contributed by atoms with Crippen LogP contribution in [-0.2, 0) is 0 Å². The first-order valence-corrected chi connectivity index (χ1v) is 7.44. The Kier molecular flexibility index (Phi) is 4.42. The lowest BCUT2D eigenvalue weighted by Gasteiger charge is -2.19. The molecule has 0 spiro atoms. The van der Waals surface area contributed by atoms with Crippen LogP contribution in [0.3, 0.4) is 0 Å². The van der Waals surface area contributed by atoms with Gasteiger partial charge in [-0.3, -0.25) is 4.79 Å². The average Bonchev–Trinajstić information content (AvgIpc) is 2.63. The van der Waals surface area contributed by atoms with E-state index in [-0.39, 0.29) is 12.4 Å². The van der Waals surface area contributed by atoms with Crippen molar-refractivity contribution in [2.75, 3.05) is 27.9 Å². The van der Waals surface area contributed by atoms with Gasteiger partial charge in [0.25, 0.3) is 0 Å². The highest BCUT2D eigenvalue weighted by molar-refractivity contribution is 6.14. The third kappa shape index (κ3) is 2.93. The molecule has 24 heavy (non-hydrogen) atoms. The van der Waals surface area contributed by atoms with Gasteiger partial charge in [-0.25, -0.2) is 0 Å². The van der Waals surface area contributed by atoms with Crippen LogP contribution >= 0.6 is 0 Å². The van der Waals surface area contributed by atoms with E-state index in [0.29, 0.717) is 34.1 Å². The minimum Gasteiger partial charge on any atom is -0.497 e. The van der Waals surface area contributed by atoms with Gasteiger partial charge in [-0.15, -0.1) is 0 Å². The summed E-state index contributed by atoms with van der Waals surface area (Å²) in [7, 11) is 4.74. The first kappa shape index (κ1) is 15.9. The summed E-state index contributed by atoms with van der Waals surface area (Å²) in [6.45, 7) is 0.216. The molecule has 0 saturated carbocycles. The highest BCUT2D eigenvalue weighted by atomic mass is 16.5. The van der Waals surface area contributed by atoms with Gasteiger partial charge in [0.15, 0.2) is 17.3 Å². The Morgan fingerprint density at radius 1 is 0.958 bits per heavy atom. The highest BCUT2D eigenvalue weighted by Gasteiger charge is 2.23. The van der Waals surface area contributed by atoms with E-state index in [1.54, 1.807) is 51.7 Å².